The average Bonchev–Trinajstić information content (AvgIpc) is 2.99. The van der Waals surface area contributed by atoms with Gasteiger partial charge < -0.3 is 20.7 Å². The van der Waals surface area contributed by atoms with Crippen molar-refractivity contribution in [2.45, 2.75) is 37.8 Å². The lowest BCUT2D eigenvalue weighted by Crippen LogP contribution is -2.43. The molecule has 4 N–H and O–H groups in total. The van der Waals surface area contributed by atoms with Crippen LogP contribution in [0.5, 0.6) is 0 Å². The second kappa shape index (κ2) is 6.83. The van der Waals surface area contributed by atoms with Gasteiger partial charge in [0.2, 0.25) is 5.91 Å². The van der Waals surface area contributed by atoms with Crippen molar-refractivity contribution in [3.8, 4) is 0 Å². The number of carbonyl (C=O) groups excluding carboxylic acids is 2. The first-order chi connectivity index (χ1) is 11.1. The largest absolute Gasteiger partial charge is 0.393 e. The van der Waals surface area contributed by atoms with Crippen LogP contribution in [-0.4, -0.2) is 40.6 Å². The van der Waals surface area contributed by atoms with E-state index in [1.807, 2.05) is 24.3 Å². The van der Waals surface area contributed by atoms with Crippen LogP contribution in [0.15, 0.2) is 30.3 Å². The molecule has 0 aliphatic heterocycles. The summed E-state index contributed by atoms with van der Waals surface area (Å²) in [6, 6.07) is 9.49. The molecule has 0 saturated heterocycles. The number of aromatic nitrogens is 1. The molecule has 0 bridgehead atoms. The first-order valence-electron chi connectivity index (χ1n) is 7.95. The molecule has 1 fully saturated rings. The summed E-state index contributed by atoms with van der Waals surface area (Å²) in [5, 5.41) is 15.9. The molecule has 0 unspecified atom stereocenters. The molecular weight excluding hydrogens is 294 g/mol. The topological polar surface area (TPSA) is 94.2 Å². The van der Waals surface area contributed by atoms with Crippen LogP contribution in [-0.2, 0) is 4.79 Å². The Morgan fingerprint density at radius 2 is 1.91 bits per heavy atom. The minimum atomic E-state index is -0.296. The van der Waals surface area contributed by atoms with Gasteiger partial charge >= 0.3 is 0 Å². The monoisotopic (exact) mass is 315 g/mol. The van der Waals surface area contributed by atoms with Gasteiger partial charge in [-0.3, -0.25) is 9.59 Å². The van der Waals surface area contributed by atoms with E-state index < -0.39 is 0 Å². The first-order valence-corrected chi connectivity index (χ1v) is 7.95. The van der Waals surface area contributed by atoms with Gasteiger partial charge in [0.15, 0.2) is 0 Å². The van der Waals surface area contributed by atoms with Crippen LogP contribution in [0.25, 0.3) is 10.9 Å². The zero-order valence-electron chi connectivity index (χ0n) is 12.8. The number of hydrogen-bond donors (Lipinski definition) is 4. The number of fused-ring (bicyclic) bond motifs is 1. The third-order valence-corrected chi connectivity index (χ3v) is 4.25. The van der Waals surface area contributed by atoms with Crippen molar-refractivity contribution in [3.63, 3.8) is 0 Å². The smallest absolute Gasteiger partial charge is 0.268 e. The average molecular weight is 315 g/mol. The molecule has 0 atom stereocenters. The summed E-state index contributed by atoms with van der Waals surface area (Å²) in [7, 11) is 0. The molecule has 0 radical (unpaired) electrons. The van der Waals surface area contributed by atoms with Gasteiger partial charge in [0.05, 0.1) is 12.6 Å². The highest BCUT2D eigenvalue weighted by molar-refractivity contribution is 5.99. The molecule has 2 amide bonds. The summed E-state index contributed by atoms with van der Waals surface area (Å²) in [4.78, 5) is 27.0. The zero-order chi connectivity index (χ0) is 16.2. The van der Waals surface area contributed by atoms with Crippen LogP contribution in [0.4, 0.5) is 0 Å². The molecule has 1 saturated carbocycles. The third-order valence-electron chi connectivity index (χ3n) is 4.25. The Morgan fingerprint density at radius 3 is 2.65 bits per heavy atom. The molecule has 6 nitrogen and oxygen atoms in total. The van der Waals surface area contributed by atoms with Gasteiger partial charge in [-0.05, 0) is 37.8 Å². The molecule has 0 spiro atoms. The molecule has 3 rings (SSSR count). The number of nitrogens with one attached hydrogen (secondary N) is 3. The predicted octanol–water partition coefficient (Wildman–Crippen LogP) is 1.32. The zero-order valence-corrected chi connectivity index (χ0v) is 12.8. The lowest BCUT2D eigenvalue weighted by Gasteiger charge is -2.26. The summed E-state index contributed by atoms with van der Waals surface area (Å²) in [5.41, 5.74) is 1.34. The number of aromatic amines is 1. The van der Waals surface area contributed by atoms with Gasteiger partial charge in [0.25, 0.3) is 5.91 Å². The van der Waals surface area contributed by atoms with Crippen LogP contribution < -0.4 is 10.6 Å². The van der Waals surface area contributed by atoms with E-state index in [1.54, 1.807) is 6.07 Å². The van der Waals surface area contributed by atoms with Crippen molar-refractivity contribution in [2.75, 3.05) is 6.54 Å². The summed E-state index contributed by atoms with van der Waals surface area (Å²) in [6.45, 7) is -0.0484. The van der Waals surface area contributed by atoms with E-state index in [0.717, 1.165) is 23.7 Å². The van der Waals surface area contributed by atoms with Crippen LogP contribution in [0.2, 0.25) is 0 Å². The highest BCUT2D eigenvalue weighted by Crippen LogP contribution is 2.18. The maximum Gasteiger partial charge on any atom is 0.268 e. The SMILES string of the molecule is O=C(CNC(=O)c1cc2ccccc2[nH]1)NC1CCC(O)CC1. The van der Waals surface area contributed by atoms with Gasteiger partial charge in [0.1, 0.15) is 5.69 Å². The fourth-order valence-corrected chi connectivity index (χ4v) is 2.95. The molecule has 122 valence electrons. The van der Waals surface area contributed by atoms with Crippen LogP contribution in [0, 0.1) is 0 Å². The van der Waals surface area contributed by atoms with Crippen LogP contribution in [0.1, 0.15) is 36.2 Å². The quantitative estimate of drug-likeness (QED) is 0.685. The number of para-hydroxylation sites is 1. The van der Waals surface area contributed by atoms with Crippen molar-refractivity contribution in [2.24, 2.45) is 0 Å². The molecule has 1 heterocycles. The molecule has 1 aliphatic rings. The summed E-state index contributed by atoms with van der Waals surface area (Å²) in [6.07, 6.45) is 2.75. The summed E-state index contributed by atoms with van der Waals surface area (Å²) < 4.78 is 0. The highest BCUT2D eigenvalue weighted by atomic mass is 16.3. The van der Waals surface area contributed by atoms with Gasteiger partial charge in [-0.2, -0.15) is 0 Å². The Kier molecular flexibility index (Phi) is 4.62. The Balaban J connectivity index is 1.49. The third kappa shape index (κ3) is 3.90. The van der Waals surface area contributed by atoms with Crippen molar-refractivity contribution in [1.29, 1.82) is 0 Å². The number of rotatable bonds is 4. The Labute approximate surface area is 134 Å². The van der Waals surface area contributed by atoms with Crippen molar-refractivity contribution in [1.82, 2.24) is 15.6 Å². The lowest BCUT2D eigenvalue weighted by molar-refractivity contribution is -0.121. The molecule has 23 heavy (non-hydrogen) atoms. The van der Waals surface area contributed by atoms with Crippen LogP contribution >= 0.6 is 0 Å². The Hall–Kier alpha value is -2.34. The van der Waals surface area contributed by atoms with Gasteiger partial charge in [-0.15, -0.1) is 0 Å². The van der Waals surface area contributed by atoms with E-state index in [2.05, 4.69) is 15.6 Å². The standard InChI is InChI=1S/C17H21N3O3/c21-13-7-5-12(6-8-13)19-16(22)10-18-17(23)15-9-11-3-1-2-4-14(11)20-15/h1-4,9,12-13,20-21H,5-8,10H2,(H,18,23)(H,19,22). The maximum atomic E-state index is 12.1. The van der Waals surface area contributed by atoms with Crippen molar-refractivity contribution < 1.29 is 14.7 Å². The van der Waals surface area contributed by atoms with Gasteiger partial charge in [0, 0.05) is 16.9 Å². The summed E-state index contributed by atoms with van der Waals surface area (Å²) >= 11 is 0. The normalized spacial score (nSPS) is 21.1. The minimum absolute atomic E-state index is 0.0484. The molecule has 1 aliphatic carbocycles. The summed E-state index contributed by atoms with van der Waals surface area (Å²) in [5.74, 6) is -0.494. The molecular formula is C17H21N3O3. The number of H-pyrrole nitrogens is 1. The predicted molar refractivity (Wildman–Crippen MR) is 87.0 cm³/mol. The first kappa shape index (κ1) is 15.6. The van der Waals surface area contributed by atoms with E-state index in [1.165, 1.54) is 0 Å². The highest BCUT2D eigenvalue weighted by Gasteiger charge is 2.21. The van der Waals surface area contributed by atoms with Gasteiger partial charge in [-0.1, -0.05) is 18.2 Å². The van der Waals surface area contributed by atoms with E-state index in [0.29, 0.717) is 18.5 Å². The molecule has 2 aromatic rings. The number of aliphatic hydroxyl groups is 1. The molecule has 1 aromatic heterocycles. The van der Waals surface area contributed by atoms with E-state index >= 15 is 0 Å². The lowest BCUT2D eigenvalue weighted by atomic mass is 9.93. The van der Waals surface area contributed by atoms with Crippen LogP contribution in [0.3, 0.4) is 0 Å². The number of benzene rings is 1. The van der Waals surface area contributed by atoms with Crippen molar-refractivity contribution >= 4 is 22.7 Å². The van der Waals surface area contributed by atoms with Gasteiger partial charge in [-0.25, -0.2) is 0 Å². The second-order valence-corrected chi connectivity index (χ2v) is 6.03. The van der Waals surface area contributed by atoms with E-state index in [9.17, 15) is 14.7 Å². The second-order valence-electron chi connectivity index (χ2n) is 6.03. The Morgan fingerprint density at radius 1 is 1.17 bits per heavy atom. The minimum Gasteiger partial charge on any atom is -0.393 e. The maximum absolute atomic E-state index is 12.1. The van der Waals surface area contributed by atoms with E-state index in [-0.39, 0.29) is 30.5 Å². The number of amides is 2. The number of hydrogen-bond acceptors (Lipinski definition) is 3. The number of carbonyl (C=O) groups is 2. The van der Waals surface area contributed by atoms with E-state index in [4.69, 9.17) is 0 Å². The fourth-order valence-electron chi connectivity index (χ4n) is 2.95. The molecule has 6 heteroatoms. The Bertz CT molecular complexity index is 669. The fraction of sp³-hybridized carbons (Fsp3) is 0.412. The van der Waals surface area contributed by atoms with Crippen molar-refractivity contribution in [3.05, 3.63) is 36.0 Å². The number of aliphatic hydroxyl groups excluding tert-OH is 1. The molecule has 1 aromatic carbocycles.